The van der Waals surface area contributed by atoms with E-state index in [-0.39, 0.29) is 6.03 Å². The maximum absolute atomic E-state index is 12.5. The number of urea groups is 1. The molecule has 0 spiro atoms. The zero-order chi connectivity index (χ0) is 14.9. The van der Waals surface area contributed by atoms with Gasteiger partial charge in [-0.1, -0.05) is 13.8 Å². The molecule has 2 saturated heterocycles. The molecule has 2 fully saturated rings. The van der Waals surface area contributed by atoms with E-state index in [1.807, 2.05) is 9.80 Å². The average molecular weight is 282 g/mol. The molecule has 20 heavy (non-hydrogen) atoms. The molecule has 0 aromatic rings. The summed E-state index contributed by atoms with van der Waals surface area (Å²) in [5.41, 5.74) is -0.664. The molecule has 2 aliphatic rings. The number of carbonyl (C=O) groups excluding carboxylic acids is 1. The number of hydrogen-bond acceptors (Lipinski definition) is 2. The number of carboxylic acids is 1. The Kier molecular flexibility index (Phi) is 4.25. The second-order valence-corrected chi connectivity index (χ2v) is 6.87. The van der Waals surface area contributed by atoms with Gasteiger partial charge in [-0.05, 0) is 38.0 Å². The van der Waals surface area contributed by atoms with Gasteiger partial charge < -0.3 is 14.9 Å². The van der Waals surface area contributed by atoms with Crippen molar-refractivity contribution in [1.29, 1.82) is 0 Å². The first-order chi connectivity index (χ1) is 9.33. The van der Waals surface area contributed by atoms with Gasteiger partial charge in [-0.2, -0.15) is 0 Å². The number of aliphatic carboxylic acids is 1. The average Bonchev–Trinajstić information content (AvgIpc) is 2.88. The van der Waals surface area contributed by atoms with Crippen molar-refractivity contribution in [3.63, 3.8) is 0 Å². The Morgan fingerprint density at radius 3 is 2.20 bits per heavy atom. The maximum Gasteiger partial charge on any atom is 0.320 e. The first-order valence-corrected chi connectivity index (χ1v) is 7.61. The van der Waals surface area contributed by atoms with E-state index in [4.69, 9.17) is 0 Å². The molecular weight excluding hydrogens is 256 g/mol. The summed E-state index contributed by atoms with van der Waals surface area (Å²) >= 11 is 0. The Balaban J connectivity index is 1.88. The van der Waals surface area contributed by atoms with Crippen molar-refractivity contribution in [2.45, 2.75) is 40.0 Å². The summed E-state index contributed by atoms with van der Waals surface area (Å²) in [5, 5.41) is 9.22. The van der Waals surface area contributed by atoms with Crippen molar-refractivity contribution >= 4 is 12.0 Å². The fourth-order valence-electron chi connectivity index (χ4n) is 3.11. The van der Waals surface area contributed by atoms with Gasteiger partial charge in [-0.25, -0.2) is 4.79 Å². The highest BCUT2D eigenvalue weighted by Crippen LogP contribution is 2.32. The Bertz CT molecular complexity index is 387. The van der Waals surface area contributed by atoms with Crippen LogP contribution in [0.1, 0.15) is 40.0 Å². The number of piperidine rings is 1. The lowest BCUT2D eigenvalue weighted by molar-refractivity contribution is -0.150. The first kappa shape index (κ1) is 15.1. The molecule has 2 aliphatic heterocycles. The zero-order valence-corrected chi connectivity index (χ0v) is 12.8. The second-order valence-electron chi connectivity index (χ2n) is 6.87. The molecule has 1 unspecified atom stereocenters. The van der Waals surface area contributed by atoms with Gasteiger partial charge in [0.2, 0.25) is 0 Å². The zero-order valence-electron chi connectivity index (χ0n) is 12.8. The third-order valence-corrected chi connectivity index (χ3v) is 5.09. The molecule has 0 aromatic carbocycles. The van der Waals surface area contributed by atoms with E-state index < -0.39 is 11.4 Å². The SMILES string of the molecule is CC(C)C1CCN(C(=O)N2CCC(C)(C(=O)O)CC2)C1. The highest BCUT2D eigenvalue weighted by Gasteiger charge is 2.39. The summed E-state index contributed by atoms with van der Waals surface area (Å²) < 4.78 is 0. The summed E-state index contributed by atoms with van der Waals surface area (Å²) in [5.74, 6) is 0.475. The van der Waals surface area contributed by atoms with Crippen molar-refractivity contribution in [2.75, 3.05) is 26.2 Å². The minimum Gasteiger partial charge on any atom is -0.481 e. The number of nitrogens with zero attached hydrogens (tertiary/aromatic N) is 2. The van der Waals surface area contributed by atoms with Gasteiger partial charge >= 0.3 is 12.0 Å². The van der Waals surface area contributed by atoms with Crippen LogP contribution in [-0.4, -0.2) is 53.1 Å². The first-order valence-electron chi connectivity index (χ1n) is 7.61. The number of hydrogen-bond donors (Lipinski definition) is 1. The second kappa shape index (κ2) is 5.62. The Morgan fingerprint density at radius 1 is 1.15 bits per heavy atom. The van der Waals surface area contributed by atoms with Gasteiger partial charge in [0.25, 0.3) is 0 Å². The van der Waals surface area contributed by atoms with E-state index >= 15 is 0 Å². The maximum atomic E-state index is 12.5. The van der Waals surface area contributed by atoms with Crippen LogP contribution in [0, 0.1) is 17.3 Å². The van der Waals surface area contributed by atoms with E-state index in [1.165, 1.54) is 0 Å². The molecule has 114 valence electrons. The van der Waals surface area contributed by atoms with Crippen LogP contribution >= 0.6 is 0 Å². The quantitative estimate of drug-likeness (QED) is 0.845. The van der Waals surface area contributed by atoms with Crippen molar-refractivity contribution in [1.82, 2.24) is 9.80 Å². The van der Waals surface area contributed by atoms with E-state index in [9.17, 15) is 14.7 Å². The molecule has 0 saturated carbocycles. The molecule has 0 bridgehead atoms. The number of likely N-dealkylation sites (tertiary alicyclic amines) is 2. The summed E-state index contributed by atoms with van der Waals surface area (Å²) in [6.45, 7) is 9.00. The summed E-state index contributed by atoms with van der Waals surface area (Å²) in [7, 11) is 0. The summed E-state index contributed by atoms with van der Waals surface area (Å²) in [4.78, 5) is 27.4. The lowest BCUT2D eigenvalue weighted by Gasteiger charge is -2.38. The molecular formula is C15H26N2O3. The fourth-order valence-corrected chi connectivity index (χ4v) is 3.11. The van der Waals surface area contributed by atoms with Gasteiger partial charge in [-0.15, -0.1) is 0 Å². The smallest absolute Gasteiger partial charge is 0.320 e. The van der Waals surface area contributed by atoms with Crippen LogP contribution in [0.5, 0.6) is 0 Å². The monoisotopic (exact) mass is 282 g/mol. The number of rotatable bonds is 2. The van der Waals surface area contributed by atoms with E-state index in [2.05, 4.69) is 13.8 Å². The Labute approximate surface area is 120 Å². The molecule has 5 heteroatoms. The lowest BCUT2D eigenvalue weighted by Crippen LogP contribution is -2.49. The summed E-state index contributed by atoms with van der Waals surface area (Å²) in [6.07, 6.45) is 2.19. The van der Waals surface area contributed by atoms with E-state index in [0.717, 1.165) is 19.5 Å². The molecule has 0 aromatic heterocycles. The molecule has 2 rings (SSSR count). The van der Waals surface area contributed by atoms with Crippen LogP contribution in [0.25, 0.3) is 0 Å². The Hall–Kier alpha value is -1.26. The molecule has 0 aliphatic carbocycles. The van der Waals surface area contributed by atoms with Gasteiger partial charge in [0.05, 0.1) is 5.41 Å². The highest BCUT2D eigenvalue weighted by molar-refractivity contribution is 5.77. The normalized spacial score (nSPS) is 26.1. The molecule has 5 nitrogen and oxygen atoms in total. The number of amides is 2. The van der Waals surface area contributed by atoms with Gasteiger partial charge in [0, 0.05) is 26.2 Å². The van der Waals surface area contributed by atoms with Crippen LogP contribution in [0.3, 0.4) is 0 Å². The van der Waals surface area contributed by atoms with Crippen LogP contribution in [0.4, 0.5) is 4.79 Å². The van der Waals surface area contributed by atoms with Crippen LogP contribution in [-0.2, 0) is 4.79 Å². The van der Waals surface area contributed by atoms with Gasteiger partial charge in [0.15, 0.2) is 0 Å². The molecule has 0 radical (unpaired) electrons. The van der Waals surface area contributed by atoms with Gasteiger partial charge in [-0.3, -0.25) is 4.79 Å². The predicted octanol–water partition coefficient (Wildman–Crippen LogP) is 2.27. The molecule has 2 heterocycles. The lowest BCUT2D eigenvalue weighted by atomic mass is 9.80. The largest absolute Gasteiger partial charge is 0.481 e. The Morgan fingerprint density at radius 2 is 1.75 bits per heavy atom. The van der Waals surface area contributed by atoms with Crippen molar-refractivity contribution in [2.24, 2.45) is 17.3 Å². The minimum absolute atomic E-state index is 0.0978. The number of carbonyl (C=O) groups is 2. The third-order valence-electron chi connectivity index (χ3n) is 5.09. The standard InChI is InChI=1S/C15H26N2O3/c1-11(2)12-4-7-17(10-12)14(20)16-8-5-15(3,6-9-16)13(18)19/h11-12H,4-10H2,1-3H3,(H,18,19). The fraction of sp³-hybridized carbons (Fsp3) is 0.867. The van der Waals surface area contributed by atoms with Crippen LogP contribution in [0.2, 0.25) is 0 Å². The van der Waals surface area contributed by atoms with Gasteiger partial charge in [0.1, 0.15) is 0 Å². The predicted molar refractivity (Wildman–Crippen MR) is 76.5 cm³/mol. The molecule has 1 N–H and O–H groups in total. The topological polar surface area (TPSA) is 60.9 Å². The van der Waals surface area contributed by atoms with E-state index in [0.29, 0.717) is 37.8 Å². The van der Waals surface area contributed by atoms with Crippen LogP contribution in [0.15, 0.2) is 0 Å². The minimum atomic E-state index is -0.745. The molecule has 2 amide bonds. The third kappa shape index (κ3) is 2.91. The summed E-state index contributed by atoms with van der Waals surface area (Å²) in [6, 6.07) is 0.0978. The van der Waals surface area contributed by atoms with E-state index in [1.54, 1.807) is 6.92 Å². The van der Waals surface area contributed by atoms with Crippen molar-refractivity contribution < 1.29 is 14.7 Å². The van der Waals surface area contributed by atoms with Crippen molar-refractivity contribution in [3.8, 4) is 0 Å². The van der Waals surface area contributed by atoms with Crippen LogP contribution < -0.4 is 0 Å². The highest BCUT2D eigenvalue weighted by atomic mass is 16.4. The number of carboxylic acid groups (broad SMARTS) is 1. The molecule has 1 atom stereocenters. The van der Waals surface area contributed by atoms with Crippen molar-refractivity contribution in [3.05, 3.63) is 0 Å².